The molecule has 0 unspecified atom stereocenters. The number of benzene rings is 1. The van der Waals surface area contributed by atoms with Gasteiger partial charge in [0.15, 0.2) is 12.4 Å². The SMILES string of the molecule is CC(C)CNC(=O)COc1ccc(OCC(=O)C(C)C)cc1. The first-order chi connectivity index (χ1) is 10.4. The lowest BCUT2D eigenvalue weighted by Gasteiger charge is -2.10. The maximum absolute atomic E-state index is 11.5. The highest BCUT2D eigenvalue weighted by atomic mass is 16.5. The Morgan fingerprint density at radius 3 is 1.91 bits per heavy atom. The molecule has 122 valence electrons. The van der Waals surface area contributed by atoms with Gasteiger partial charge in [-0.2, -0.15) is 0 Å². The second kappa shape index (κ2) is 9.07. The van der Waals surface area contributed by atoms with Crippen molar-refractivity contribution >= 4 is 11.7 Å². The molecule has 0 saturated carbocycles. The molecule has 1 N–H and O–H groups in total. The van der Waals surface area contributed by atoms with E-state index in [1.165, 1.54) is 0 Å². The van der Waals surface area contributed by atoms with Crippen LogP contribution in [0.4, 0.5) is 0 Å². The predicted molar refractivity (Wildman–Crippen MR) is 85.1 cm³/mol. The molecule has 22 heavy (non-hydrogen) atoms. The summed E-state index contributed by atoms with van der Waals surface area (Å²) in [5, 5.41) is 2.78. The molecule has 1 aromatic rings. The molecule has 5 heteroatoms. The number of amides is 1. The van der Waals surface area contributed by atoms with Gasteiger partial charge in [0, 0.05) is 12.5 Å². The van der Waals surface area contributed by atoms with Crippen LogP contribution in [0.3, 0.4) is 0 Å². The molecule has 0 saturated heterocycles. The maximum Gasteiger partial charge on any atom is 0.257 e. The first kappa shape index (κ1) is 18.0. The number of carbonyl (C=O) groups excluding carboxylic acids is 2. The number of nitrogens with one attached hydrogen (secondary N) is 1. The van der Waals surface area contributed by atoms with Crippen molar-refractivity contribution in [1.29, 1.82) is 0 Å². The van der Waals surface area contributed by atoms with Crippen molar-refractivity contribution in [3.05, 3.63) is 24.3 Å². The molecule has 0 aliphatic heterocycles. The van der Waals surface area contributed by atoms with Crippen LogP contribution < -0.4 is 14.8 Å². The molecule has 0 aromatic heterocycles. The van der Waals surface area contributed by atoms with Crippen LogP contribution in [0.15, 0.2) is 24.3 Å². The molecule has 0 bridgehead atoms. The molecule has 5 nitrogen and oxygen atoms in total. The van der Waals surface area contributed by atoms with E-state index in [1.54, 1.807) is 24.3 Å². The molecule has 1 amide bonds. The van der Waals surface area contributed by atoms with E-state index < -0.39 is 0 Å². The molecule has 0 aliphatic carbocycles. The second-order valence-corrected chi connectivity index (χ2v) is 5.87. The average Bonchev–Trinajstić information content (AvgIpc) is 2.49. The monoisotopic (exact) mass is 307 g/mol. The lowest BCUT2D eigenvalue weighted by atomic mass is 10.1. The number of carbonyl (C=O) groups is 2. The number of hydrogen-bond donors (Lipinski definition) is 1. The highest BCUT2D eigenvalue weighted by Gasteiger charge is 2.08. The molecule has 1 rings (SSSR count). The molecular formula is C17H25NO4. The van der Waals surface area contributed by atoms with Crippen molar-refractivity contribution in [2.24, 2.45) is 11.8 Å². The Hall–Kier alpha value is -2.04. The minimum Gasteiger partial charge on any atom is -0.486 e. The number of Topliss-reactive ketones (excluding diaryl/α,β-unsaturated/α-hetero) is 1. The van der Waals surface area contributed by atoms with E-state index in [4.69, 9.17) is 9.47 Å². The molecule has 0 heterocycles. The third-order valence-electron chi connectivity index (χ3n) is 2.93. The standard InChI is InChI=1S/C17H25NO4/c1-12(2)9-18-17(20)11-22-15-7-5-14(6-8-15)21-10-16(19)13(3)4/h5-8,12-13H,9-11H2,1-4H3,(H,18,20). The van der Waals surface area contributed by atoms with Gasteiger partial charge in [-0.1, -0.05) is 27.7 Å². The van der Waals surface area contributed by atoms with Gasteiger partial charge >= 0.3 is 0 Å². The van der Waals surface area contributed by atoms with E-state index in [2.05, 4.69) is 5.32 Å². The van der Waals surface area contributed by atoms with E-state index in [1.807, 2.05) is 27.7 Å². The summed E-state index contributed by atoms with van der Waals surface area (Å²) < 4.78 is 10.8. The Bertz CT molecular complexity index is 480. The summed E-state index contributed by atoms with van der Waals surface area (Å²) >= 11 is 0. The van der Waals surface area contributed by atoms with Gasteiger partial charge in [-0.15, -0.1) is 0 Å². The summed E-state index contributed by atoms with van der Waals surface area (Å²) in [6.07, 6.45) is 0. The third-order valence-corrected chi connectivity index (χ3v) is 2.93. The van der Waals surface area contributed by atoms with Crippen LogP contribution in [0.25, 0.3) is 0 Å². The van der Waals surface area contributed by atoms with Gasteiger partial charge in [0.1, 0.15) is 18.1 Å². The van der Waals surface area contributed by atoms with Crippen molar-refractivity contribution in [3.8, 4) is 11.5 Å². The molecule has 1 aromatic carbocycles. The minimum absolute atomic E-state index is 0.0151. The molecule has 0 radical (unpaired) electrons. The second-order valence-electron chi connectivity index (χ2n) is 5.87. The van der Waals surface area contributed by atoms with E-state index in [0.717, 1.165) is 0 Å². The topological polar surface area (TPSA) is 64.6 Å². The van der Waals surface area contributed by atoms with Gasteiger partial charge in [0.25, 0.3) is 5.91 Å². The quantitative estimate of drug-likeness (QED) is 0.761. The number of rotatable bonds is 9. The van der Waals surface area contributed by atoms with Crippen LogP contribution in [0.1, 0.15) is 27.7 Å². The van der Waals surface area contributed by atoms with Crippen molar-refractivity contribution in [3.63, 3.8) is 0 Å². The lowest BCUT2D eigenvalue weighted by molar-refractivity contribution is -0.124. The Balaban J connectivity index is 2.35. The molecule has 0 atom stereocenters. The summed E-state index contributed by atoms with van der Waals surface area (Å²) in [6, 6.07) is 6.86. The Morgan fingerprint density at radius 2 is 1.45 bits per heavy atom. The van der Waals surface area contributed by atoms with Crippen molar-refractivity contribution in [1.82, 2.24) is 5.32 Å². The van der Waals surface area contributed by atoms with E-state index in [0.29, 0.717) is 24.0 Å². The van der Waals surface area contributed by atoms with Gasteiger partial charge in [-0.3, -0.25) is 9.59 Å². The molecule has 0 aliphatic rings. The summed E-state index contributed by atoms with van der Waals surface area (Å²) in [5.41, 5.74) is 0. The summed E-state index contributed by atoms with van der Waals surface area (Å²) in [5.74, 6) is 1.48. The van der Waals surface area contributed by atoms with Crippen LogP contribution >= 0.6 is 0 Å². The van der Waals surface area contributed by atoms with Gasteiger partial charge in [-0.25, -0.2) is 0 Å². The summed E-state index contributed by atoms with van der Waals surface area (Å²) in [4.78, 5) is 23.0. The van der Waals surface area contributed by atoms with Gasteiger partial charge in [-0.05, 0) is 30.2 Å². The van der Waals surface area contributed by atoms with Crippen LogP contribution in [0.2, 0.25) is 0 Å². The van der Waals surface area contributed by atoms with Crippen molar-refractivity contribution < 1.29 is 19.1 Å². The Kier molecular flexibility index (Phi) is 7.43. The van der Waals surface area contributed by atoms with Crippen LogP contribution in [0.5, 0.6) is 11.5 Å². The summed E-state index contributed by atoms with van der Waals surface area (Å²) in [7, 11) is 0. The average molecular weight is 307 g/mol. The van der Waals surface area contributed by atoms with Gasteiger partial charge in [0.05, 0.1) is 0 Å². The summed E-state index contributed by atoms with van der Waals surface area (Å²) in [6.45, 7) is 8.43. The highest BCUT2D eigenvalue weighted by molar-refractivity contribution is 5.81. The van der Waals surface area contributed by atoms with E-state index in [-0.39, 0.29) is 30.8 Å². The molecule has 0 fully saturated rings. The molecular weight excluding hydrogens is 282 g/mol. The number of ketones is 1. The Labute approximate surface area is 132 Å². The fourth-order valence-electron chi connectivity index (χ4n) is 1.47. The van der Waals surface area contributed by atoms with Crippen molar-refractivity contribution in [2.45, 2.75) is 27.7 Å². The van der Waals surface area contributed by atoms with E-state index in [9.17, 15) is 9.59 Å². The zero-order valence-corrected chi connectivity index (χ0v) is 13.7. The third kappa shape index (κ3) is 7.11. The van der Waals surface area contributed by atoms with Gasteiger partial charge in [0.2, 0.25) is 0 Å². The van der Waals surface area contributed by atoms with Gasteiger partial charge < -0.3 is 14.8 Å². The highest BCUT2D eigenvalue weighted by Crippen LogP contribution is 2.17. The first-order valence-electron chi connectivity index (χ1n) is 7.53. The normalized spacial score (nSPS) is 10.6. The fourth-order valence-corrected chi connectivity index (χ4v) is 1.47. The van der Waals surface area contributed by atoms with Crippen LogP contribution in [0, 0.1) is 11.8 Å². The maximum atomic E-state index is 11.5. The number of ether oxygens (including phenoxy) is 2. The number of hydrogen-bond acceptors (Lipinski definition) is 4. The van der Waals surface area contributed by atoms with Crippen molar-refractivity contribution in [2.75, 3.05) is 19.8 Å². The first-order valence-corrected chi connectivity index (χ1v) is 7.53. The lowest BCUT2D eigenvalue weighted by Crippen LogP contribution is -2.31. The van der Waals surface area contributed by atoms with E-state index >= 15 is 0 Å². The fraction of sp³-hybridized carbons (Fsp3) is 0.529. The largest absolute Gasteiger partial charge is 0.486 e. The minimum atomic E-state index is -0.142. The van der Waals surface area contributed by atoms with Crippen LogP contribution in [-0.4, -0.2) is 31.4 Å². The zero-order valence-electron chi connectivity index (χ0n) is 13.7. The molecule has 0 spiro atoms. The van der Waals surface area contributed by atoms with Crippen LogP contribution in [-0.2, 0) is 9.59 Å². The smallest absolute Gasteiger partial charge is 0.257 e. The predicted octanol–water partition coefficient (Wildman–Crippen LogP) is 2.44. The Morgan fingerprint density at radius 1 is 0.955 bits per heavy atom. The zero-order chi connectivity index (χ0) is 16.5.